The minimum absolute atomic E-state index is 0.0118. The van der Waals surface area contributed by atoms with Crippen LogP contribution in [0.4, 0.5) is 0 Å². The van der Waals surface area contributed by atoms with Crippen molar-refractivity contribution in [1.29, 1.82) is 0 Å². The molecule has 3 aromatic rings. The summed E-state index contributed by atoms with van der Waals surface area (Å²) < 4.78 is 7.21. The number of likely N-dealkylation sites (tertiary alicyclic amines) is 1. The molecule has 2 aliphatic heterocycles. The van der Waals surface area contributed by atoms with Crippen LogP contribution in [0.3, 0.4) is 0 Å². The summed E-state index contributed by atoms with van der Waals surface area (Å²) in [7, 11) is 0. The van der Waals surface area contributed by atoms with Crippen molar-refractivity contribution in [1.82, 2.24) is 24.8 Å². The Kier molecular flexibility index (Phi) is 5.85. The fourth-order valence-electron chi connectivity index (χ4n) is 4.55. The van der Waals surface area contributed by atoms with E-state index in [2.05, 4.69) is 10.3 Å². The largest absolute Gasteiger partial charge is 0.378 e. The number of nitrogens with zero attached hydrogens (tertiary/aromatic N) is 5. The van der Waals surface area contributed by atoms with Gasteiger partial charge in [0.15, 0.2) is 0 Å². The van der Waals surface area contributed by atoms with Crippen molar-refractivity contribution in [3.63, 3.8) is 0 Å². The number of piperidine rings is 1. The van der Waals surface area contributed by atoms with Crippen LogP contribution in [0.15, 0.2) is 48.5 Å². The summed E-state index contributed by atoms with van der Waals surface area (Å²) in [5, 5.41) is 8.42. The van der Waals surface area contributed by atoms with E-state index in [9.17, 15) is 9.59 Å². The fourth-order valence-corrected chi connectivity index (χ4v) is 4.55. The Balaban J connectivity index is 1.23. The number of carbonyl (C=O) groups is 2. The third kappa shape index (κ3) is 4.23. The summed E-state index contributed by atoms with van der Waals surface area (Å²) in [5.74, 6) is 0.0223. The molecule has 1 unspecified atom stereocenters. The Hall–Kier alpha value is -3.26. The van der Waals surface area contributed by atoms with Crippen molar-refractivity contribution in [3.8, 4) is 0 Å². The molecule has 1 aromatic heterocycles. The van der Waals surface area contributed by atoms with Gasteiger partial charge < -0.3 is 14.5 Å². The Morgan fingerprint density at radius 3 is 2.56 bits per heavy atom. The number of carbonyl (C=O) groups excluding carboxylic acids is 2. The molecule has 2 aliphatic rings. The first-order chi connectivity index (χ1) is 15.7. The van der Waals surface area contributed by atoms with Crippen molar-refractivity contribution >= 4 is 22.8 Å². The monoisotopic (exact) mass is 433 g/mol. The van der Waals surface area contributed by atoms with Crippen LogP contribution in [0.1, 0.15) is 28.8 Å². The maximum Gasteiger partial charge on any atom is 0.253 e. The van der Waals surface area contributed by atoms with Crippen LogP contribution in [-0.4, -0.2) is 76.0 Å². The molecule has 2 fully saturated rings. The first kappa shape index (κ1) is 20.6. The lowest BCUT2D eigenvalue weighted by Gasteiger charge is -2.36. The van der Waals surface area contributed by atoms with Gasteiger partial charge in [-0.05, 0) is 42.7 Å². The normalized spacial score (nSPS) is 19.3. The van der Waals surface area contributed by atoms with E-state index in [1.165, 1.54) is 0 Å². The zero-order valence-electron chi connectivity index (χ0n) is 18.0. The molecule has 2 amide bonds. The molecule has 0 saturated carbocycles. The number of benzene rings is 2. The Morgan fingerprint density at radius 2 is 1.75 bits per heavy atom. The number of aromatic nitrogens is 3. The molecule has 3 heterocycles. The fraction of sp³-hybridized carbons (Fsp3) is 0.417. The van der Waals surface area contributed by atoms with Gasteiger partial charge in [-0.3, -0.25) is 9.59 Å². The number of hydrogen-bond donors (Lipinski definition) is 0. The average molecular weight is 434 g/mol. The van der Waals surface area contributed by atoms with E-state index < -0.39 is 0 Å². The van der Waals surface area contributed by atoms with Gasteiger partial charge in [0.25, 0.3) is 5.91 Å². The van der Waals surface area contributed by atoms with Gasteiger partial charge in [0.05, 0.1) is 31.2 Å². The van der Waals surface area contributed by atoms with E-state index in [4.69, 9.17) is 4.74 Å². The lowest BCUT2D eigenvalue weighted by Crippen LogP contribution is -2.49. The minimum Gasteiger partial charge on any atom is -0.378 e. The lowest BCUT2D eigenvalue weighted by atomic mass is 9.95. The van der Waals surface area contributed by atoms with Crippen molar-refractivity contribution < 1.29 is 14.3 Å². The highest BCUT2D eigenvalue weighted by Gasteiger charge is 2.32. The van der Waals surface area contributed by atoms with E-state index in [0.717, 1.165) is 29.4 Å². The molecule has 0 N–H and O–H groups in total. The lowest BCUT2D eigenvalue weighted by molar-refractivity contribution is -0.141. The molecule has 5 rings (SSSR count). The van der Waals surface area contributed by atoms with Gasteiger partial charge in [-0.25, -0.2) is 4.68 Å². The van der Waals surface area contributed by atoms with Crippen LogP contribution in [0.2, 0.25) is 0 Å². The molecule has 166 valence electrons. The van der Waals surface area contributed by atoms with E-state index in [1.807, 2.05) is 63.0 Å². The van der Waals surface area contributed by atoms with Crippen molar-refractivity contribution in [2.24, 2.45) is 5.92 Å². The highest BCUT2D eigenvalue weighted by molar-refractivity contribution is 5.94. The number of fused-ring (bicyclic) bond motifs is 1. The summed E-state index contributed by atoms with van der Waals surface area (Å²) in [4.78, 5) is 29.7. The van der Waals surface area contributed by atoms with Gasteiger partial charge >= 0.3 is 0 Å². The molecular weight excluding hydrogens is 406 g/mol. The predicted molar refractivity (Wildman–Crippen MR) is 119 cm³/mol. The molecule has 1 atom stereocenters. The van der Waals surface area contributed by atoms with E-state index in [0.29, 0.717) is 51.5 Å². The molecule has 8 nitrogen and oxygen atoms in total. The zero-order chi connectivity index (χ0) is 21.9. The first-order valence-electron chi connectivity index (χ1n) is 11.2. The van der Waals surface area contributed by atoms with Gasteiger partial charge in [-0.2, -0.15) is 0 Å². The van der Waals surface area contributed by atoms with Crippen LogP contribution in [-0.2, 0) is 16.1 Å². The molecule has 8 heteroatoms. The van der Waals surface area contributed by atoms with E-state index >= 15 is 0 Å². The summed E-state index contributed by atoms with van der Waals surface area (Å²) >= 11 is 0. The second-order valence-corrected chi connectivity index (χ2v) is 8.46. The van der Waals surface area contributed by atoms with Crippen LogP contribution in [0, 0.1) is 5.92 Å². The standard InChI is InChI=1S/C24H27N5O3/c30-23(28-11-3-4-20(17-28)24(31)27-12-14-32-15-13-27)19-9-7-18(8-10-19)16-29-22-6-2-1-5-21(22)25-26-29/h1-2,5-10,20H,3-4,11-17H2. The Labute approximate surface area is 186 Å². The molecule has 0 spiro atoms. The number of para-hydroxylation sites is 1. The molecule has 2 saturated heterocycles. The Bertz CT molecular complexity index is 1100. The quantitative estimate of drug-likeness (QED) is 0.630. The molecular formula is C24H27N5O3. The summed E-state index contributed by atoms with van der Waals surface area (Å²) in [5.41, 5.74) is 3.55. The van der Waals surface area contributed by atoms with E-state index in [1.54, 1.807) is 0 Å². The topological polar surface area (TPSA) is 80.6 Å². The maximum absolute atomic E-state index is 13.1. The van der Waals surface area contributed by atoms with Crippen molar-refractivity contribution in [2.75, 3.05) is 39.4 Å². The maximum atomic E-state index is 13.1. The molecule has 2 aromatic carbocycles. The molecule has 32 heavy (non-hydrogen) atoms. The predicted octanol–water partition coefficient (Wildman–Crippen LogP) is 2.19. The van der Waals surface area contributed by atoms with Crippen LogP contribution >= 0.6 is 0 Å². The van der Waals surface area contributed by atoms with Crippen LogP contribution in [0.25, 0.3) is 11.0 Å². The second kappa shape index (κ2) is 9.08. The van der Waals surface area contributed by atoms with Crippen molar-refractivity contribution in [3.05, 3.63) is 59.7 Å². The van der Waals surface area contributed by atoms with Crippen LogP contribution < -0.4 is 0 Å². The third-order valence-corrected chi connectivity index (χ3v) is 6.33. The first-order valence-corrected chi connectivity index (χ1v) is 11.2. The van der Waals surface area contributed by atoms with Crippen LogP contribution in [0.5, 0.6) is 0 Å². The molecule has 0 radical (unpaired) electrons. The minimum atomic E-state index is -0.120. The zero-order valence-corrected chi connectivity index (χ0v) is 18.0. The highest BCUT2D eigenvalue weighted by Crippen LogP contribution is 2.22. The number of hydrogen-bond acceptors (Lipinski definition) is 5. The van der Waals surface area contributed by atoms with E-state index in [-0.39, 0.29) is 17.7 Å². The van der Waals surface area contributed by atoms with Crippen molar-refractivity contribution in [2.45, 2.75) is 19.4 Å². The molecule has 0 bridgehead atoms. The summed E-state index contributed by atoms with van der Waals surface area (Å²) in [6.45, 7) is 4.25. The summed E-state index contributed by atoms with van der Waals surface area (Å²) in [6, 6.07) is 15.5. The smallest absolute Gasteiger partial charge is 0.253 e. The van der Waals surface area contributed by atoms with Gasteiger partial charge in [0.2, 0.25) is 5.91 Å². The number of ether oxygens (including phenoxy) is 1. The SMILES string of the molecule is O=C(c1ccc(Cn2nnc3ccccc32)cc1)N1CCCC(C(=O)N2CCOCC2)C1. The van der Waals surface area contributed by atoms with Gasteiger partial charge in [-0.15, -0.1) is 5.10 Å². The number of amides is 2. The van der Waals surface area contributed by atoms with Gasteiger partial charge in [0.1, 0.15) is 5.52 Å². The third-order valence-electron chi connectivity index (χ3n) is 6.33. The molecule has 0 aliphatic carbocycles. The Morgan fingerprint density at radius 1 is 0.969 bits per heavy atom. The van der Waals surface area contributed by atoms with Gasteiger partial charge in [0, 0.05) is 31.7 Å². The number of morpholine rings is 1. The highest BCUT2D eigenvalue weighted by atomic mass is 16.5. The number of rotatable bonds is 4. The average Bonchev–Trinajstić information content (AvgIpc) is 3.27. The second-order valence-electron chi connectivity index (χ2n) is 8.46. The summed E-state index contributed by atoms with van der Waals surface area (Å²) in [6.07, 6.45) is 1.69. The van der Waals surface area contributed by atoms with Gasteiger partial charge in [-0.1, -0.05) is 29.5 Å².